The summed E-state index contributed by atoms with van der Waals surface area (Å²) >= 11 is 3.95. The van der Waals surface area contributed by atoms with E-state index in [1.54, 1.807) is 6.20 Å². The molecule has 4 heteroatoms. The predicted molar refractivity (Wildman–Crippen MR) is 41.6 cm³/mol. The molecular weight excluding hydrogens is 152 g/mol. The molecule has 0 aliphatic carbocycles. The van der Waals surface area contributed by atoms with E-state index in [4.69, 9.17) is 0 Å². The molecule has 0 amide bonds. The average molecular weight is 158 g/mol. The lowest BCUT2D eigenvalue weighted by Crippen LogP contribution is -1.84. The van der Waals surface area contributed by atoms with E-state index in [0.29, 0.717) is 5.16 Å². The van der Waals surface area contributed by atoms with Crippen molar-refractivity contribution in [1.82, 2.24) is 9.97 Å². The first-order chi connectivity index (χ1) is 4.33. The van der Waals surface area contributed by atoms with Crippen LogP contribution in [-0.2, 0) is 0 Å². The molecule has 0 spiro atoms. The fourth-order valence-corrected chi connectivity index (χ4v) is 1.03. The molecule has 1 aromatic rings. The highest BCUT2D eigenvalue weighted by Crippen LogP contribution is 2.14. The van der Waals surface area contributed by atoms with Crippen LogP contribution < -0.4 is 0 Å². The molecule has 48 valence electrons. The maximum atomic E-state index is 4.07. The first-order valence-corrected chi connectivity index (χ1v) is 4.31. The van der Waals surface area contributed by atoms with E-state index in [1.165, 1.54) is 10.8 Å². The molecule has 1 aromatic heterocycles. The third-order valence-corrected chi connectivity index (χ3v) is 1.70. The Bertz CT molecular complexity index is 202. The molecule has 0 radical (unpaired) electrons. The van der Waals surface area contributed by atoms with Gasteiger partial charge in [0.1, 0.15) is 0 Å². The minimum atomic E-state index is 0.707. The third-order valence-electron chi connectivity index (χ3n) is 0.854. The van der Waals surface area contributed by atoms with Gasteiger partial charge in [0.15, 0.2) is 5.16 Å². The van der Waals surface area contributed by atoms with Gasteiger partial charge in [-0.1, -0.05) is 0 Å². The lowest BCUT2D eigenvalue weighted by atomic mass is 10.5. The second kappa shape index (κ2) is 3.08. The summed E-state index contributed by atoms with van der Waals surface area (Å²) in [5.41, 5.74) is 0.974. The second-order valence-electron chi connectivity index (χ2n) is 1.57. The highest BCUT2D eigenvalue weighted by Gasteiger charge is 1.90. The van der Waals surface area contributed by atoms with Crippen LogP contribution in [-0.4, -0.2) is 9.97 Å². The summed E-state index contributed by atoms with van der Waals surface area (Å²) in [6.45, 7) is 1.93. The molecule has 0 saturated heterocycles. The lowest BCUT2D eigenvalue weighted by Gasteiger charge is -1.91. The van der Waals surface area contributed by atoms with Crippen molar-refractivity contribution < 1.29 is 0 Å². The predicted octanol–water partition coefficient (Wildman–Crippen LogP) is 1.72. The van der Waals surface area contributed by atoms with Crippen LogP contribution in [0.25, 0.3) is 0 Å². The first-order valence-electron chi connectivity index (χ1n) is 2.44. The molecule has 0 bridgehead atoms. The van der Waals surface area contributed by atoms with Crippen LogP contribution in [0.15, 0.2) is 17.4 Å². The molecule has 0 N–H and O–H groups in total. The van der Waals surface area contributed by atoms with Crippen molar-refractivity contribution in [2.45, 2.75) is 12.1 Å². The Morgan fingerprint density at radius 1 is 1.67 bits per heavy atom. The fourth-order valence-electron chi connectivity index (χ4n) is 0.470. The Hall–Kier alpha value is -0.220. The molecule has 0 aromatic carbocycles. The van der Waals surface area contributed by atoms with Crippen molar-refractivity contribution >= 4 is 22.5 Å². The summed E-state index contributed by atoms with van der Waals surface area (Å²) < 4.78 is 0. The van der Waals surface area contributed by atoms with Crippen LogP contribution in [0.5, 0.6) is 0 Å². The molecule has 1 rings (SSSR count). The summed E-state index contributed by atoms with van der Waals surface area (Å²) in [5.74, 6) is 0. The smallest absolute Gasteiger partial charge is 0.198 e. The standard InChI is InChI=1S/C5H6N2S2/c1-4-2-3-6-5(7-4)9-8/h2-3,8H,1H3. The van der Waals surface area contributed by atoms with Crippen LogP contribution in [0.4, 0.5) is 0 Å². The van der Waals surface area contributed by atoms with Crippen LogP contribution in [0.3, 0.4) is 0 Å². The van der Waals surface area contributed by atoms with Crippen molar-refractivity contribution in [3.63, 3.8) is 0 Å². The molecule has 0 aliphatic rings. The molecule has 0 aliphatic heterocycles. The van der Waals surface area contributed by atoms with Gasteiger partial charge in [0.05, 0.1) is 0 Å². The fraction of sp³-hybridized carbons (Fsp3) is 0.200. The topological polar surface area (TPSA) is 25.8 Å². The lowest BCUT2D eigenvalue weighted by molar-refractivity contribution is 0.938. The van der Waals surface area contributed by atoms with E-state index >= 15 is 0 Å². The van der Waals surface area contributed by atoms with Crippen LogP contribution in [0.2, 0.25) is 0 Å². The van der Waals surface area contributed by atoms with Gasteiger partial charge in [-0.15, -0.1) is 11.7 Å². The average Bonchev–Trinajstić information content (AvgIpc) is 1.88. The quantitative estimate of drug-likeness (QED) is 0.383. The molecule has 0 unspecified atom stereocenters. The Morgan fingerprint density at radius 3 is 2.89 bits per heavy atom. The van der Waals surface area contributed by atoms with Gasteiger partial charge in [-0.3, -0.25) is 0 Å². The van der Waals surface area contributed by atoms with Gasteiger partial charge in [-0.25, -0.2) is 9.97 Å². The van der Waals surface area contributed by atoms with E-state index < -0.39 is 0 Å². The van der Waals surface area contributed by atoms with E-state index in [9.17, 15) is 0 Å². The molecule has 0 atom stereocenters. The minimum Gasteiger partial charge on any atom is -0.230 e. The maximum Gasteiger partial charge on any atom is 0.198 e. The Morgan fingerprint density at radius 2 is 2.44 bits per heavy atom. The normalized spacial score (nSPS) is 9.56. The van der Waals surface area contributed by atoms with Gasteiger partial charge in [0.25, 0.3) is 0 Å². The summed E-state index contributed by atoms with van der Waals surface area (Å²) in [6.07, 6.45) is 1.72. The second-order valence-corrected chi connectivity index (χ2v) is 2.67. The number of nitrogens with zero attached hydrogens (tertiary/aromatic N) is 2. The van der Waals surface area contributed by atoms with Crippen LogP contribution in [0, 0.1) is 6.92 Å². The number of rotatable bonds is 1. The molecule has 0 saturated carbocycles. The largest absolute Gasteiger partial charge is 0.230 e. The first kappa shape index (κ1) is 6.89. The van der Waals surface area contributed by atoms with Gasteiger partial charge < -0.3 is 0 Å². The summed E-state index contributed by atoms with van der Waals surface area (Å²) in [6, 6.07) is 1.85. The van der Waals surface area contributed by atoms with Gasteiger partial charge in [-0.2, -0.15) is 0 Å². The monoisotopic (exact) mass is 158 g/mol. The van der Waals surface area contributed by atoms with E-state index in [1.807, 2.05) is 13.0 Å². The highest BCUT2D eigenvalue weighted by molar-refractivity contribution is 8.68. The zero-order chi connectivity index (χ0) is 6.69. The van der Waals surface area contributed by atoms with Crippen LogP contribution >= 0.6 is 22.5 Å². The summed E-state index contributed by atoms with van der Waals surface area (Å²) in [7, 11) is 1.26. The minimum absolute atomic E-state index is 0.707. The SMILES string of the molecule is Cc1ccnc(SS)n1. The van der Waals surface area contributed by atoms with Gasteiger partial charge in [0, 0.05) is 11.9 Å². The Balaban J connectivity index is 2.94. The summed E-state index contributed by atoms with van der Waals surface area (Å²) in [5, 5.41) is 0.707. The zero-order valence-electron chi connectivity index (χ0n) is 4.90. The molecular formula is C5H6N2S2. The van der Waals surface area contributed by atoms with Crippen molar-refractivity contribution in [1.29, 1.82) is 0 Å². The van der Waals surface area contributed by atoms with E-state index in [-0.39, 0.29) is 0 Å². The number of aryl methyl sites for hydroxylation is 1. The Labute approximate surface area is 62.9 Å². The van der Waals surface area contributed by atoms with Gasteiger partial charge >= 0.3 is 0 Å². The van der Waals surface area contributed by atoms with Crippen molar-refractivity contribution in [2.24, 2.45) is 0 Å². The molecule has 1 heterocycles. The van der Waals surface area contributed by atoms with Crippen LogP contribution in [0.1, 0.15) is 5.69 Å². The molecule has 0 fully saturated rings. The number of aromatic nitrogens is 2. The highest BCUT2D eigenvalue weighted by atomic mass is 33.1. The maximum absolute atomic E-state index is 4.07. The van der Waals surface area contributed by atoms with Crippen molar-refractivity contribution in [2.75, 3.05) is 0 Å². The van der Waals surface area contributed by atoms with E-state index in [2.05, 4.69) is 21.6 Å². The number of hydrogen-bond acceptors (Lipinski definition) is 4. The zero-order valence-corrected chi connectivity index (χ0v) is 6.62. The number of hydrogen-bond donors (Lipinski definition) is 1. The Kier molecular flexibility index (Phi) is 2.36. The van der Waals surface area contributed by atoms with Crippen molar-refractivity contribution in [3.05, 3.63) is 18.0 Å². The van der Waals surface area contributed by atoms with Gasteiger partial charge in [0.2, 0.25) is 0 Å². The van der Waals surface area contributed by atoms with E-state index in [0.717, 1.165) is 5.69 Å². The van der Waals surface area contributed by atoms with Gasteiger partial charge in [-0.05, 0) is 23.8 Å². The van der Waals surface area contributed by atoms with Crippen molar-refractivity contribution in [3.8, 4) is 0 Å². The number of thiol groups is 1. The molecule has 9 heavy (non-hydrogen) atoms. The summed E-state index contributed by atoms with van der Waals surface area (Å²) in [4.78, 5) is 8.00. The molecule has 2 nitrogen and oxygen atoms in total. The third kappa shape index (κ3) is 1.87.